The van der Waals surface area contributed by atoms with Gasteiger partial charge in [0.2, 0.25) is 0 Å². The van der Waals surface area contributed by atoms with Gasteiger partial charge in [-0.2, -0.15) is 0 Å². The van der Waals surface area contributed by atoms with E-state index in [1.807, 2.05) is 12.1 Å². The first-order valence-electron chi connectivity index (χ1n) is 5.31. The van der Waals surface area contributed by atoms with Crippen LogP contribution in [0.15, 0.2) is 54.9 Å². The molecule has 78 valence electrons. The summed E-state index contributed by atoms with van der Waals surface area (Å²) in [7, 11) is 0.429. The minimum absolute atomic E-state index is 0.383. The summed E-state index contributed by atoms with van der Waals surface area (Å²) in [5.41, 5.74) is 4.30. The van der Waals surface area contributed by atoms with E-state index >= 15 is 0 Å². The molecule has 1 unspecified atom stereocenters. The monoisotopic (exact) mass is 224 g/mol. The highest BCUT2D eigenvalue weighted by atomic mass is 28.2. The van der Waals surface area contributed by atoms with E-state index in [2.05, 4.69) is 47.3 Å². The van der Waals surface area contributed by atoms with Crippen LogP contribution in [-0.2, 0) is 0 Å². The Morgan fingerprint density at radius 2 is 1.81 bits per heavy atom. The molecule has 3 heteroatoms. The molecule has 2 aromatic rings. The number of hydrogen-bond acceptors (Lipinski definition) is 1. The van der Waals surface area contributed by atoms with Gasteiger partial charge in [-0.25, -0.2) is 0 Å². The van der Waals surface area contributed by atoms with Crippen LogP contribution in [0.2, 0.25) is 0 Å². The molecular formula is C13H12N2Si. The summed E-state index contributed by atoms with van der Waals surface area (Å²) in [6, 6.07) is 12.6. The van der Waals surface area contributed by atoms with Gasteiger partial charge in [-0.15, -0.1) is 0 Å². The number of nitrogens with zero attached hydrogens (tertiary/aromatic N) is 1. The predicted octanol–water partition coefficient (Wildman–Crippen LogP) is 2.01. The first-order valence-corrected chi connectivity index (χ1v) is 6.46. The maximum absolute atomic E-state index is 5.84. The van der Waals surface area contributed by atoms with Crippen molar-refractivity contribution in [1.82, 2.24) is 4.57 Å². The Morgan fingerprint density at radius 3 is 2.56 bits per heavy atom. The van der Waals surface area contributed by atoms with Crippen LogP contribution in [0.25, 0.3) is 5.70 Å². The molecule has 1 aliphatic rings. The molecule has 1 atom stereocenters. The van der Waals surface area contributed by atoms with Crippen molar-refractivity contribution in [2.45, 2.75) is 5.54 Å². The van der Waals surface area contributed by atoms with Crippen molar-refractivity contribution in [3.63, 3.8) is 0 Å². The minimum Gasteiger partial charge on any atom is -0.352 e. The van der Waals surface area contributed by atoms with E-state index in [1.54, 1.807) is 0 Å². The molecule has 0 saturated carbocycles. The fourth-order valence-electron chi connectivity index (χ4n) is 2.20. The molecule has 0 amide bonds. The molecule has 1 heterocycles. The third-order valence-corrected chi connectivity index (χ3v) is 3.80. The van der Waals surface area contributed by atoms with E-state index < -0.39 is 0 Å². The maximum Gasteiger partial charge on any atom is 0.148 e. The predicted molar refractivity (Wildman–Crippen MR) is 66.9 cm³/mol. The SMILES string of the molecule is N[Si]C1C=C(n2cccc2)c2ccccc21. The van der Waals surface area contributed by atoms with Crippen LogP contribution in [0.1, 0.15) is 16.7 Å². The normalized spacial score (nSPS) is 18.3. The molecule has 0 aliphatic heterocycles. The van der Waals surface area contributed by atoms with Crippen molar-refractivity contribution in [3.8, 4) is 0 Å². The lowest BCUT2D eigenvalue weighted by molar-refractivity contribution is 1.12. The lowest BCUT2D eigenvalue weighted by Gasteiger charge is -2.07. The second-order valence-corrected chi connectivity index (χ2v) is 4.83. The van der Waals surface area contributed by atoms with Crippen LogP contribution in [0.5, 0.6) is 0 Å². The summed E-state index contributed by atoms with van der Waals surface area (Å²) in [6.45, 7) is 0. The molecule has 2 nitrogen and oxygen atoms in total. The molecule has 0 fully saturated rings. The first-order chi connectivity index (χ1) is 7.90. The highest BCUT2D eigenvalue weighted by Gasteiger charge is 2.22. The van der Waals surface area contributed by atoms with Crippen LogP contribution in [0, 0.1) is 0 Å². The molecule has 0 bridgehead atoms. The van der Waals surface area contributed by atoms with Gasteiger partial charge in [0.1, 0.15) is 9.68 Å². The fraction of sp³-hybridized carbons (Fsp3) is 0.0769. The molecule has 1 aliphatic carbocycles. The van der Waals surface area contributed by atoms with Gasteiger partial charge in [0, 0.05) is 29.2 Å². The second-order valence-electron chi connectivity index (χ2n) is 3.87. The molecule has 1 aromatic carbocycles. The summed E-state index contributed by atoms with van der Waals surface area (Å²) in [4.78, 5) is 0. The molecule has 0 spiro atoms. The lowest BCUT2D eigenvalue weighted by Crippen LogP contribution is -2.13. The smallest absolute Gasteiger partial charge is 0.148 e. The van der Waals surface area contributed by atoms with Gasteiger partial charge >= 0.3 is 0 Å². The van der Waals surface area contributed by atoms with E-state index in [4.69, 9.17) is 5.40 Å². The number of hydrogen-bond donors (Lipinski definition) is 1. The Balaban J connectivity index is 2.15. The number of fused-ring (bicyclic) bond motifs is 1. The Morgan fingerprint density at radius 1 is 1.06 bits per heavy atom. The lowest BCUT2D eigenvalue weighted by atomic mass is 10.1. The Hall–Kier alpha value is -1.58. The van der Waals surface area contributed by atoms with Crippen molar-refractivity contribution in [2.24, 2.45) is 5.40 Å². The van der Waals surface area contributed by atoms with Gasteiger partial charge < -0.3 is 9.97 Å². The quantitative estimate of drug-likeness (QED) is 0.777. The Kier molecular flexibility index (Phi) is 2.27. The van der Waals surface area contributed by atoms with Gasteiger partial charge in [0.05, 0.1) is 0 Å². The molecule has 2 N–H and O–H groups in total. The number of allylic oxidation sites excluding steroid dienone is 1. The van der Waals surface area contributed by atoms with Gasteiger partial charge in [-0.05, 0) is 17.7 Å². The van der Waals surface area contributed by atoms with Gasteiger partial charge in [-0.1, -0.05) is 30.3 Å². The van der Waals surface area contributed by atoms with Crippen LogP contribution in [0.4, 0.5) is 0 Å². The summed E-state index contributed by atoms with van der Waals surface area (Å²) >= 11 is 0. The number of nitrogens with two attached hydrogens (primary N) is 1. The molecule has 0 saturated heterocycles. The van der Waals surface area contributed by atoms with Crippen molar-refractivity contribution >= 4 is 15.4 Å². The zero-order valence-electron chi connectivity index (χ0n) is 8.80. The van der Waals surface area contributed by atoms with Crippen LogP contribution in [0.3, 0.4) is 0 Å². The van der Waals surface area contributed by atoms with Crippen molar-refractivity contribution in [3.05, 3.63) is 66.0 Å². The molecule has 2 radical (unpaired) electrons. The van der Waals surface area contributed by atoms with E-state index in [0.717, 1.165) is 0 Å². The van der Waals surface area contributed by atoms with Crippen molar-refractivity contribution in [2.75, 3.05) is 0 Å². The van der Waals surface area contributed by atoms with Gasteiger partial charge in [-0.3, -0.25) is 0 Å². The topological polar surface area (TPSA) is 30.9 Å². The zero-order valence-corrected chi connectivity index (χ0v) is 9.80. The van der Waals surface area contributed by atoms with Crippen LogP contribution >= 0.6 is 0 Å². The first kappa shape index (κ1) is 9.63. The number of benzene rings is 1. The Labute approximate surface area is 97.3 Å². The van der Waals surface area contributed by atoms with Gasteiger partial charge in [0.15, 0.2) is 0 Å². The number of rotatable bonds is 2. The standard InChI is InChI=1S/C13H12N2Si/c14-16-13-9-12(15-7-3-4-8-15)10-5-1-2-6-11(10)13/h1-9,13H,14H2. The van der Waals surface area contributed by atoms with Crippen molar-refractivity contribution in [1.29, 1.82) is 0 Å². The second kappa shape index (κ2) is 3.77. The molecular weight excluding hydrogens is 212 g/mol. The van der Waals surface area contributed by atoms with E-state index in [0.29, 0.717) is 15.2 Å². The summed E-state index contributed by atoms with van der Waals surface area (Å²) in [5, 5.41) is 5.84. The zero-order chi connectivity index (χ0) is 11.0. The Bertz CT molecular complexity index is 529. The molecule has 16 heavy (non-hydrogen) atoms. The van der Waals surface area contributed by atoms with E-state index in [9.17, 15) is 0 Å². The summed E-state index contributed by atoms with van der Waals surface area (Å²) in [6.07, 6.45) is 6.42. The third-order valence-electron chi connectivity index (χ3n) is 2.96. The summed E-state index contributed by atoms with van der Waals surface area (Å²) in [5.74, 6) is 0. The highest BCUT2D eigenvalue weighted by molar-refractivity contribution is 6.35. The average Bonchev–Trinajstić information content (AvgIpc) is 2.95. The molecule has 3 rings (SSSR count). The van der Waals surface area contributed by atoms with E-state index in [-0.39, 0.29) is 0 Å². The fourth-order valence-corrected chi connectivity index (χ4v) is 2.88. The third kappa shape index (κ3) is 1.37. The van der Waals surface area contributed by atoms with Crippen molar-refractivity contribution < 1.29 is 0 Å². The van der Waals surface area contributed by atoms with Gasteiger partial charge in [0.25, 0.3) is 0 Å². The average molecular weight is 224 g/mol. The molecule has 1 aromatic heterocycles. The van der Waals surface area contributed by atoms with Crippen LogP contribution < -0.4 is 5.40 Å². The minimum atomic E-state index is 0.383. The summed E-state index contributed by atoms with van der Waals surface area (Å²) < 4.78 is 2.15. The highest BCUT2D eigenvalue weighted by Crippen LogP contribution is 2.35. The van der Waals surface area contributed by atoms with Crippen LogP contribution in [-0.4, -0.2) is 14.2 Å². The maximum atomic E-state index is 5.84. The largest absolute Gasteiger partial charge is 0.352 e. The number of aromatic nitrogens is 1. The van der Waals surface area contributed by atoms with E-state index in [1.165, 1.54) is 16.8 Å².